The SMILES string of the molecule is CNC(c1sccc1Br)c1c(Cl)cnn1C(C)C. The van der Waals surface area contributed by atoms with Crippen molar-refractivity contribution in [2.24, 2.45) is 0 Å². The van der Waals surface area contributed by atoms with E-state index in [0.29, 0.717) is 5.02 Å². The summed E-state index contributed by atoms with van der Waals surface area (Å²) in [5.41, 5.74) is 1.01. The van der Waals surface area contributed by atoms with Crippen LogP contribution in [0.15, 0.2) is 22.1 Å². The second-order valence-corrected chi connectivity index (χ2v) is 6.48. The molecule has 0 fully saturated rings. The molecular formula is C12H15BrClN3S. The van der Waals surface area contributed by atoms with Crippen LogP contribution in [0.1, 0.15) is 36.5 Å². The van der Waals surface area contributed by atoms with Crippen LogP contribution in [0, 0.1) is 0 Å². The first-order valence-electron chi connectivity index (χ1n) is 5.69. The molecule has 0 bridgehead atoms. The van der Waals surface area contributed by atoms with Crippen LogP contribution in [0.5, 0.6) is 0 Å². The van der Waals surface area contributed by atoms with Crippen molar-refractivity contribution < 1.29 is 0 Å². The maximum absolute atomic E-state index is 6.30. The fourth-order valence-corrected chi connectivity index (χ4v) is 3.89. The van der Waals surface area contributed by atoms with Gasteiger partial charge >= 0.3 is 0 Å². The lowest BCUT2D eigenvalue weighted by molar-refractivity contribution is 0.485. The molecule has 1 unspecified atom stereocenters. The topological polar surface area (TPSA) is 29.9 Å². The summed E-state index contributed by atoms with van der Waals surface area (Å²) < 4.78 is 3.06. The first kappa shape index (κ1) is 14.1. The predicted octanol–water partition coefficient (Wildman–Crippen LogP) is 4.25. The van der Waals surface area contributed by atoms with Crippen molar-refractivity contribution in [3.8, 4) is 0 Å². The molecule has 0 spiro atoms. The van der Waals surface area contributed by atoms with E-state index in [1.54, 1.807) is 17.5 Å². The van der Waals surface area contributed by atoms with Gasteiger partial charge in [-0.15, -0.1) is 11.3 Å². The molecule has 0 radical (unpaired) electrons. The highest BCUT2D eigenvalue weighted by Gasteiger charge is 2.24. The molecule has 2 aromatic heterocycles. The number of thiophene rings is 1. The van der Waals surface area contributed by atoms with Crippen LogP contribution in [0.25, 0.3) is 0 Å². The summed E-state index contributed by atoms with van der Waals surface area (Å²) in [7, 11) is 1.94. The van der Waals surface area contributed by atoms with Gasteiger partial charge in [-0.25, -0.2) is 0 Å². The van der Waals surface area contributed by atoms with E-state index in [-0.39, 0.29) is 12.1 Å². The molecule has 2 aromatic rings. The van der Waals surface area contributed by atoms with Crippen LogP contribution in [0.2, 0.25) is 5.02 Å². The average molecular weight is 349 g/mol. The Balaban J connectivity index is 2.52. The summed E-state index contributed by atoms with van der Waals surface area (Å²) in [6.07, 6.45) is 1.71. The van der Waals surface area contributed by atoms with Crippen LogP contribution in [-0.2, 0) is 0 Å². The summed E-state index contributed by atoms with van der Waals surface area (Å²) in [6, 6.07) is 2.38. The molecule has 1 N–H and O–H groups in total. The summed E-state index contributed by atoms with van der Waals surface area (Å²) in [6.45, 7) is 4.20. The van der Waals surface area contributed by atoms with Crippen molar-refractivity contribution in [1.29, 1.82) is 0 Å². The van der Waals surface area contributed by atoms with E-state index < -0.39 is 0 Å². The monoisotopic (exact) mass is 347 g/mol. The zero-order valence-electron chi connectivity index (χ0n) is 10.4. The minimum Gasteiger partial charge on any atom is -0.307 e. The van der Waals surface area contributed by atoms with E-state index in [2.05, 4.69) is 45.6 Å². The van der Waals surface area contributed by atoms with Crippen molar-refractivity contribution >= 4 is 38.9 Å². The molecule has 2 rings (SSSR count). The highest BCUT2D eigenvalue weighted by Crippen LogP contribution is 2.36. The largest absolute Gasteiger partial charge is 0.307 e. The van der Waals surface area contributed by atoms with Gasteiger partial charge in [-0.1, -0.05) is 11.6 Å². The molecular weight excluding hydrogens is 334 g/mol. The van der Waals surface area contributed by atoms with Gasteiger partial charge in [0.1, 0.15) is 0 Å². The van der Waals surface area contributed by atoms with E-state index >= 15 is 0 Å². The van der Waals surface area contributed by atoms with Gasteiger partial charge in [0.2, 0.25) is 0 Å². The Bertz CT molecular complexity index is 535. The quantitative estimate of drug-likeness (QED) is 0.895. The van der Waals surface area contributed by atoms with Gasteiger partial charge in [0.25, 0.3) is 0 Å². The molecule has 0 aliphatic heterocycles. The van der Waals surface area contributed by atoms with Gasteiger partial charge in [-0.3, -0.25) is 4.68 Å². The third-order valence-corrected chi connectivity index (χ3v) is 4.97. The van der Waals surface area contributed by atoms with Crippen molar-refractivity contribution in [1.82, 2.24) is 15.1 Å². The predicted molar refractivity (Wildman–Crippen MR) is 80.5 cm³/mol. The molecule has 18 heavy (non-hydrogen) atoms. The van der Waals surface area contributed by atoms with Gasteiger partial charge in [0.05, 0.1) is 23.0 Å². The first-order chi connectivity index (χ1) is 8.56. The Morgan fingerprint density at radius 2 is 2.22 bits per heavy atom. The number of aromatic nitrogens is 2. The Morgan fingerprint density at radius 3 is 2.72 bits per heavy atom. The summed E-state index contributed by atoms with van der Waals surface area (Å²) in [4.78, 5) is 1.21. The van der Waals surface area contributed by atoms with Crippen molar-refractivity contribution in [2.75, 3.05) is 7.05 Å². The van der Waals surface area contributed by atoms with E-state index in [4.69, 9.17) is 11.6 Å². The lowest BCUT2D eigenvalue weighted by atomic mass is 10.1. The molecule has 0 aliphatic rings. The van der Waals surface area contributed by atoms with E-state index in [1.165, 1.54) is 4.88 Å². The Morgan fingerprint density at radius 1 is 1.50 bits per heavy atom. The second-order valence-electron chi connectivity index (χ2n) is 4.27. The highest BCUT2D eigenvalue weighted by atomic mass is 79.9. The van der Waals surface area contributed by atoms with E-state index in [0.717, 1.165) is 10.2 Å². The average Bonchev–Trinajstić information content (AvgIpc) is 2.89. The van der Waals surface area contributed by atoms with E-state index in [9.17, 15) is 0 Å². The minimum atomic E-state index is 0.0526. The van der Waals surface area contributed by atoms with Crippen LogP contribution in [0.4, 0.5) is 0 Å². The number of halogens is 2. The van der Waals surface area contributed by atoms with Gasteiger partial charge < -0.3 is 5.32 Å². The maximum Gasteiger partial charge on any atom is 0.0866 e. The van der Waals surface area contributed by atoms with E-state index in [1.807, 2.05) is 17.8 Å². The van der Waals surface area contributed by atoms with Crippen LogP contribution >= 0.6 is 38.9 Å². The van der Waals surface area contributed by atoms with Gasteiger partial charge in [-0.2, -0.15) is 5.10 Å². The lowest BCUT2D eigenvalue weighted by Crippen LogP contribution is -2.22. The molecule has 1 atom stereocenters. The summed E-state index contributed by atoms with van der Waals surface area (Å²) in [5, 5.41) is 10.4. The maximum atomic E-state index is 6.30. The van der Waals surface area contributed by atoms with Gasteiger partial charge in [-0.05, 0) is 48.3 Å². The fourth-order valence-electron chi connectivity index (χ4n) is 1.94. The van der Waals surface area contributed by atoms with Crippen molar-refractivity contribution in [3.63, 3.8) is 0 Å². The normalized spacial score (nSPS) is 13.2. The standard InChI is InChI=1S/C12H15BrClN3S/c1-7(2)17-11(9(14)6-16-17)10(15-3)12-8(13)4-5-18-12/h4-7,10,15H,1-3H3. The first-order valence-corrected chi connectivity index (χ1v) is 7.74. The Hall–Kier alpha value is -0.360. The van der Waals surface area contributed by atoms with Gasteiger partial charge in [0, 0.05) is 15.4 Å². The Kier molecular flexibility index (Phi) is 4.48. The third kappa shape index (κ3) is 2.50. The summed E-state index contributed by atoms with van der Waals surface area (Å²) >= 11 is 11.6. The molecule has 6 heteroatoms. The Labute approximate surface area is 124 Å². The van der Waals surface area contributed by atoms with Gasteiger partial charge in [0.15, 0.2) is 0 Å². The number of hydrogen-bond acceptors (Lipinski definition) is 3. The van der Waals surface area contributed by atoms with Crippen LogP contribution in [0.3, 0.4) is 0 Å². The van der Waals surface area contributed by atoms with Crippen LogP contribution < -0.4 is 5.32 Å². The van der Waals surface area contributed by atoms with Crippen LogP contribution in [-0.4, -0.2) is 16.8 Å². The number of hydrogen-bond donors (Lipinski definition) is 1. The molecule has 98 valence electrons. The second kappa shape index (κ2) is 5.74. The molecule has 0 aliphatic carbocycles. The minimum absolute atomic E-state index is 0.0526. The summed E-state index contributed by atoms with van der Waals surface area (Å²) in [5.74, 6) is 0. The zero-order valence-corrected chi connectivity index (χ0v) is 13.6. The molecule has 3 nitrogen and oxygen atoms in total. The number of nitrogens with one attached hydrogen (secondary N) is 1. The molecule has 2 heterocycles. The lowest BCUT2D eigenvalue weighted by Gasteiger charge is -2.20. The zero-order chi connectivity index (χ0) is 13.3. The third-order valence-electron chi connectivity index (χ3n) is 2.75. The number of rotatable bonds is 4. The van der Waals surface area contributed by atoms with Crippen molar-refractivity contribution in [3.05, 3.63) is 37.7 Å². The fraction of sp³-hybridized carbons (Fsp3) is 0.417. The molecule has 0 amide bonds. The highest BCUT2D eigenvalue weighted by molar-refractivity contribution is 9.10. The molecule has 0 saturated heterocycles. The van der Waals surface area contributed by atoms with Crippen molar-refractivity contribution in [2.45, 2.75) is 25.9 Å². The smallest absolute Gasteiger partial charge is 0.0866 e. The molecule has 0 saturated carbocycles. The number of nitrogens with zero attached hydrogens (tertiary/aromatic N) is 2. The molecule has 0 aromatic carbocycles.